The molecule has 30 heavy (non-hydrogen) atoms. The van der Waals surface area contributed by atoms with Crippen LogP contribution in [0.15, 0.2) is 91.0 Å². The average molecular weight is 399 g/mol. The third-order valence-corrected chi connectivity index (χ3v) is 6.74. The van der Waals surface area contributed by atoms with E-state index in [4.69, 9.17) is 5.73 Å². The Morgan fingerprint density at radius 3 is 1.90 bits per heavy atom. The van der Waals surface area contributed by atoms with Gasteiger partial charge in [-0.25, -0.2) is 0 Å². The van der Waals surface area contributed by atoms with Gasteiger partial charge >= 0.3 is 0 Å². The van der Waals surface area contributed by atoms with Crippen molar-refractivity contribution in [2.75, 3.05) is 13.1 Å². The van der Waals surface area contributed by atoms with Crippen LogP contribution in [0.25, 0.3) is 0 Å². The smallest absolute Gasteiger partial charge is 0.232 e. The number of hydrogen-bond acceptors (Lipinski definition) is 2. The fourth-order valence-electron chi connectivity index (χ4n) is 5.18. The number of nitrogens with two attached hydrogens (primary N) is 1. The highest BCUT2D eigenvalue weighted by molar-refractivity contribution is 5.91. The summed E-state index contributed by atoms with van der Waals surface area (Å²) in [5.74, 6) is -0.154. The molecule has 0 spiro atoms. The zero-order valence-corrected chi connectivity index (χ0v) is 17.6. The van der Waals surface area contributed by atoms with E-state index in [0.717, 1.165) is 37.1 Å². The van der Waals surface area contributed by atoms with Crippen LogP contribution in [0.5, 0.6) is 0 Å². The lowest BCUT2D eigenvalue weighted by molar-refractivity contribution is -0.124. The van der Waals surface area contributed by atoms with Gasteiger partial charge in [0.15, 0.2) is 0 Å². The van der Waals surface area contributed by atoms with Gasteiger partial charge in [-0.1, -0.05) is 91.0 Å². The maximum Gasteiger partial charge on any atom is 0.232 e. The second kappa shape index (κ2) is 8.85. The molecule has 0 saturated carbocycles. The number of nitrogens with zero attached hydrogens (tertiary/aromatic N) is 1. The number of primary amides is 1. The summed E-state index contributed by atoms with van der Waals surface area (Å²) in [5, 5.41) is 0. The lowest BCUT2D eigenvalue weighted by Gasteiger charge is -2.46. The third kappa shape index (κ3) is 3.66. The van der Waals surface area contributed by atoms with Gasteiger partial charge in [-0.05, 0) is 48.9 Å². The molecule has 3 aromatic carbocycles. The molecule has 1 aliphatic rings. The first-order valence-electron chi connectivity index (χ1n) is 10.8. The van der Waals surface area contributed by atoms with E-state index in [1.807, 2.05) is 36.4 Å². The van der Waals surface area contributed by atoms with E-state index < -0.39 is 5.41 Å². The van der Waals surface area contributed by atoms with E-state index in [2.05, 4.69) is 66.4 Å². The van der Waals surface area contributed by atoms with Crippen molar-refractivity contribution in [3.8, 4) is 0 Å². The van der Waals surface area contributed by atoms with Crippen LogP contribution >= 0.6 is 0 Å². The second-order valence-corrected chi connectivity index (χ2v) is 8.33. The molecule has 0 aliphatic carbocycles. The molecule has 0 aromatic heterocycles. The summed E-state index contributed by atoms with van der Waals surface area (Å²) in [5.41, 5.74) is 8.69. The molecule has 3 heteroatoms. The van der Waals surface area contributed by atoms with Crippen LogP contribution in [0.4, 0.5) is 0 Å². The van der Waals surface area contributed by atoms with Crippen LogP contribution in [0.1, 0.15) is 42.5 Å². The van der Waals surface area contributed by atoms with Gasteiger partial charge in [-0.2, -0.15) is 0 Å². The number of likely N-dealkylation sites (tertiary alicyclic amines) is 1. The van der Waals surface area contributed by atoms with Gasteiger partial charge < -0.3 is 5.73 Å². The van der Waals surface area contributed by atoms with Crippen LogP contribution in [-0.4, -0.2) is 23.9 Å². The fraction of sp³-hybridized carbons (Fsp3) is 0.296. The van der Waals surface area contributed by atoms with Crippen LogP contribution in [-0.2, 0) is 10.2 Å². The van der Waals surface area contributed by atoms with Gasteiger partial charge in [0.25, 0.3) is 0 Å². The third-order valence-electron chi connectivity index (χ3n) is 6.74. The molecule has 1 heterocycles. The van der Waals surface area contributed by atoms with Crippen LogP contribution < -0.4 is 5.73 Å². The van der Waals surface area contributed by atoms with Crippen molar-refractivity contribution in [3.05, 3.63) is 108 Å². The first-order chi connectivity index (χ1) is 14.6. The summed E-state index contributed by atoms with van der Waals surface area (Å²) in [4.78, 5) is 15.8. The van der Waals surface area contributed by atoms with Gasteiger partial charge in [0.1, 0.15) is 5.41 Å². The van der Waals surface area contributed by atoms with Crippen molar-refractivity contribution in [2.45, 2.75) is 31.2 Å². The lowest BCUT2D eigenvalue weighted by Crippen LogP contribution is -2.54. The molecule has 3 aromatic rings. The lowest BCUT2D eigenvalue weighted by atomic mass is 9.62. The minimum absolute atomic E-state index is 0.111. The summed E-state index contributed by atoms with van der Waals surface area (Å²) in [6, 6.07) is 31.1. The highest BCUT2D eigenvalue weighted by atomic mass is 16.1. The first-order valence-corrected chi connectivity index (χ1v) is 10.8. The zero-order valence-electron chi connectivity index (χ0n) is 17.6. The fourth-order valence-corrected chi connectivity index (χ4v) is 5.18. The standard InChI is InChI=1S/C27H30N2O/c1-21(22-12-5-2-6-13-22)29-19-11-18-25(20-29)27(26(28)30,23-14-7-3-8-15-23)24-16-9-4-10-17-24/h2-10,12-17,21,25H,11,18-20H2,1H3,(H2,28,30). The molecule has 1 aliphatic heterocycles. The Morgan fingerprint density at radius 1 is 0.900 bits per heavy atom. The predicted octanol–water partition coefficient (Wildman–Crippen LogP) is 4.93. The van der Waals surface area contributed by atoms with Gasteiger partial charge in [0.2, 0.25) is 5.91 Å². The minimum Gasteiger partial charge on any atom is -0.369 e. The Morgan fingerprint density at radius 2 is 1.40 bits per heavy atom. The average Bonchev–Trinajstić information content (AvgIpc) is 2.81. The molecule has 0 radical (unpaired) electrons. The molecule has 154 valence electrons. The summed E-state index contributed by atoms with van der Waals surface area (Å²) < 4.78 is 0. The number of carbonyl (C=O) groups is 1. The molecule has 3 nitrogen and oxygen atoms in total. The first kappa shape index (κ1) is 20.4. The van der Waals surface area contributed by atoms with E-state index in [0.29, 0.717) is 6.04 Å². The van der Waals surface area contributed by atoms with Crippen LogP contribution in [0, 0.1) is 5.92 Å². The van der Waals surface area contributed by atoms with Gasteiger partial charge in [0, 0.05) is 12.6 Å². The zero-order chi connectivity index (χ0) is 21.0. The quantitative estimate of drug-likeness (QED) is 0.640. The SMILES string of the molecule is CC(c1ccccc1)N1CCCC(C(C(N)=O)(c2ccccc2)c2ccccc2)C1. The van der Waals surface area contributed by atoms with E-state index in [1.54, 1.807) is 0 Å². The largest absolute Gasteiger partial charge is 0.369 e. The van der Waals surface area contributed by atoms with Crippen molar-refractivity contribution in [1.29, 1.82) is 0 Å². The maximum atomic E-state index is 13.3. The van der Waals surface area contributed by atoms with Crippen molar-refractivity contribution in [1.82, 2.24) is 4.90 Å². The molecule has 1 amide bonds. The van der Waals surface area contributed by atoms with Crippen molar-refractivity contribution in [2.24, 2.45) is 11.7 Å². The highest BCUT2D eigenvalue weighted by Crippen LogP contribution is 2.44. The highest BCUT2D eigenvalue weighted by Gasteiger charge is 2.48. The number of carbonyl (C=O) groups excluding carboxylic acids is 1. The molecular formula is C27H30N2O. The van der Waals surface area contributed by atoms with Crippen molar-refractivity contribution < 1.29 is 4.79 Å². The van der Waals surface area contributed by atoms with E-state index >= 15 is 0 Å². The Labute approximate surface area is 179 Å². The minimum atomic E-state index is -0.836. The molecule has 4 rings (SSSR count). The molecule has 1 saturated heterocycles. The van der Waals surface area contributed by atoms with Crippen molar-refractivity contribution >= 4 is 5.91 Å². The Hall–Kier alpha value is -2.91. The molecule has 2 atom stereocenters. The summed E-state index contributed by atoms with van der Waals surface area (Å²) in [7, 11) is 0. The van der Waals surface area contributed by atoms with E-state index in [1.165, 1.54) is 5.56 Å². The molecule has 1 fully saturated rings. The molecular weight excluding hydrogens is 368 g/mol. The summed E-state index contributed by atoms with van der Waals surface area (Å²) in [6.07, 6.45) is 2.03. The Bertz CT molecular complexity index is 916. The number of amides is 1. The number of rotatable bonds is 6. The van der Waals surface area contributed by atoms with Gasteiger partial charge in [-0.3, -0.25) is 9.69 Å². The summed E-state index contributed by atoms with van der Waals surface area (Å²) in [6.45, 7) is 4.13. The number of hydrogen-bond donors (Lipinski definition) is 1. The topological polar surface area (TPSA) is 46.3 Å². The molecule has 0 bridgehead atoms. The maximum absolute atomic E-state index is 13.3. The predicted molar refractivity (Wildman–Crippen MR) is 122 cm³/mol. The van der Waals surface area contributed by atoms with Gasteiger partial charge in [0.05, 0.1) is 0 Å². The molecule has 2 unspecified atom stereocenters. The van der Waals surface area contributed by atoms with Crippen LogP contribution in [0.3, 0.4) is 0 Å². The van der Waals surface area contributed by atoms with Crippen LogP contribution in [0.2, 0.25) is 0 Å². The summed E-state index contributed by atoms with van der Waals surface area (Å²) >= 11 is 0. The van der Waals surface area contributed by atoms with E-state index in [-0.39, 0.29) is 11.8 Å². The monoisotopic (exact) mass is 398 g/mol. The number of benzene rings is 3. The van der Waals surface area contributed by atoms with E-state index in [9.17, 15) is 4.79 Å². The molecule has 2 N–H and O–H groups in total. The number of piperidine rings is 1. The second-order valence-electron chi connectivity index (χ2n) is 8.33. The van der Waals surface area contributed by atoms with Gasteiger partial charge in [-0.15, -0.1) is 0 Å². The normalized spacial score (nSPS) is 18.6. The Balaban J connectivity index is 1.77. The van der Waals surface area contributed by atoms with Crippen molar-refractivity contribution in [3.63, 3.8) is 0 Å². The Kier molecular flexibility index (Phi) is 6.01.